The molecule has 1 aromatic heterocycles. The lowest BCUT2D eigenvalue weighted by Crippen LogP contribution is -2.11. The molecule has 0 radical (unpaired) electrons. The predicted octanol–water partition coefficient (Wildman–Crippen LogP) is 6.55. The van der Waals surface area contributed by atoms with Gasteiger partial charge in [0, 0.05) is 21.5 Å². The summed E-state index contributed by atoms with van der Waals surface area (Å²) >= 11 is 5.89. The van der Waals surface area contributed by atoms with Crippen LogP contribution in [0.4, 0.5) is 13.2 Å². The van der Waals surface area contributed by atoms with Gasteiger partial charge in [-0.05, 0) is 42.5 Å². The first-order valence-corrected chi connectivity index (χ1v) is 9.10. The molecule has 4 rings (SSSR count). The topological polar surface area (TPSA) is 35.0 Å². The van der Waals surface area contributed by atoms with Crippen molar-refractivity contribution in [3.8, 4) is 17.0 Å². The SMILES string of the molecule is FC(F)(F)c1ccc(Cl)cc1COc1ccccc1-c1cc2ccccc2nn1. The molecule has 7 heteroatoms. The number of ether oxygens (including phenoxy) is 1. The van der Waals surface area contributed by atoms with Crippen molar-refractivity contribution < 1.29 is 17.9 Å². The number of hydrogen-bond donors (Lipinski definition) is 0. The standard InChI is InChI=1S/C22H14ClF3N2O/c23-16-9-10-18(22(24,25)26)15(11-16)13-29-21-8-4-2-6-17(21)20-12-14-5-1-3-7-19(14)27-28-20/h1-12H,13H2. The zero-order chi connectivity index (χ0) is 20.4. The minimum Gasteiger partial charge on any atom is -0.488 e. The second kappa shape index (κ2) is 7.72. The maximum absolute atomic E-state index is 13.3. The number of halogens is 4. The first-order valence-electron chi connectivity index (χ1n) is 8.72. The summed E-state index contributed by atoms with van der Waals surface area (Å²) in [7, 11) is 0. The van der Waals surface area contributed by atoms with Crippen molar-refractivity contribution in [3.05, 3.63) is 88.9 Å². The van der Waals surface area contributed by atoms with Crippen LogP contribution in [0.2, 0.25) is 5.02 Å². The van der Waals surface area contributed by atoms with Gasteiger partial charge >= 0.3 is 6.18 Å². The van der Waals surface area contributed by atoms with Crippen LogP contribution in [0.15, 0.2) is 72.8 Å². The lowest BCUT2D eigenvalue weighted by molar-refractivity contribution is -0.138. The molecule has 4 aromatic rings. The van der Waals surface area contributed by atoms with Crippen molar-refractivity contribution in [2.75, 3.05) is 0 Å². The summed E-state index contributed by atoms with van der Waals surface area (Å²) in [6.07, 6.45) is -4.49. The number of alkyl halides is 3. The fourth-order valence-electron chi connectivity index (χ4n) is 3.03. The molecule has 3 nitrogen and oxygen atoms in total. The van der Waals surface area contributed by atoms with E-state index >= 15 is 0 Å². The van der Waals surface area contributed by atoms with Crippen LogP contribution >= 0.6 is 11.6 Å². The predicted molar refractivity (Wildman–Crippen MR) is 106 cm³/mol. The second-order valence-electron chi connectivity index (χ2n) is 6.37. The Morgan fingerprint density at radius 1 is 0.862 bits per heavy atom. The molecule has 0 bridgehead atoms. The lowest BCUT2D eigenvalue weighted by atomic mass is 10.1. The Morgan fingerprint density at radius 2 is 1.62 bits per heavy atom. The van der Waals surface area contributed by atoms with E-state index in [-0.39, 0.29) is 17.2 Å². The van der Waals surface area contributed by atoms with Crippen molar-refractivity contribution in [2.45, 2.75) is 12.8 Å². The number of para-hydroxylation sites is 1. The maximum Gasteiger partial charge on any atom is 0.416 e. The average Bonchev–Trinajstić information content (AvgIpc) is 2.71. The molecule has 1 heterocycles. The van der Waals surface area contributed by atoms with E-state index in [2.05, 4.69) is 10.2 Å². The highest BCUT2D eigenvalue weighted by Gasteiger charge is 2.33. The first-order chi connectivity index (χ1) is 13.9. The van der Waals surface area contributed by atoms with Crippen LogP contribution in [0.3, 0.4) is 0 Å². The van der Waals surface area contributed by atoms with Crippen LogP contribution in [-0.4, -0.2) is 10.2 Å². The Labute approximate surface area is 169 Å². The summed E-state index contributed by atoms with van der Waals surface area (Å²) in [4.78, 5) is 0. The third-order valence-electron chi connectivity index (χ3n) is 4.41. The highest BCUT2D eigenvalue weighted by molar-refractivity contribution is 6.30. The summed E-state index contributed by atoms with van der Waals surface area (Å²) in [5.41, 5.74) is 1.15. The molecule has 0 atom stereocenters. The largest absolute Gasteiger partial charge is 0.488 e. The van der Waals surface area contributed by atoms with E-state index in [1.807, 2.05) is 30.3 Å². The van der Waals surface area contributed by atoms with Crippen molar-refractivity contribution in [3.63, 3.8) is 0 Å². The minimum absolute atomic E-state index is 0.0376. The highest BCUT2D eigenvalue weighted by atomic mass is 35.5. The van der Waals surface area contributed by atoms with Gasteiger partial charge in [-0.25, -0.2) is 0 Å². The molecule has 0 aliphatic heterocycles. The van der Waals surface area contributed by atoms with E-state index in [0.717, 1.165) is 17.0 Å². The third-order valence-corrected chi connectivity index (χ3v) is 4.65. The Bertz CT molecular complexity index is 1180. The Kier molecular flexibility index (Phi) is 5.11. The molecular weight excluding hydrogens is 401 g/mol. The first kappa shape index (κ1) is 19.2. The summed E-state index contributed by atoms with van der Waals surface area (Å²) in [6.45, 7) is -0.284. The van der Waals surface area contributed by atoms with Crippen molar-refractivity contribution in [1.29, 1.82) is 0 Å². The summed E-state index contributed by atoms with van der Waals surface area (Å²) in [6, 6.07) is 19.9. The Morgan fingerprint density at radius 3 is 2.45 bits per heavy atom. The third kappa shape index (κ3) is 4.17. The number of rotatable bonds is 4. The van der Waals surface area contributed by atoms with Crippen LogP contribution in [0.5, 0.6) is 5.75 Å². The zero-order valence-electron chi connectivity index (χ0n) is 14.9. The molecule has 0 amide bonds. The van der Waals surface area contributed by atoms with Gasteiger partial charge in [0.2, 0.25) is 0 Å². The van der Waals surface area contributed by atoms with E-state index in [4.69, 9.17) is 16.3 Å². The van der Waals surface area contributed by atoms with Crippen LogP contribution in [0.1, 0.15) is 11.1 Å². The summed E-state index contributed by atoms with van der Waals surface area (Å²) in [5.74, 6) is 0.408. The van der Waals surface area contributed by atoms with Crippen LogP contribution < -0.4 is 4.74 Å². The van der Waals surface area contributed by atoms with Crippen LogP contribution in [-0.2, 0) is 12.8 Å². The van der Waals surface area contributed by atoms with Crippen LogP contribution in [0, 0.1) is 0 Å². The van der Waals surface area contributed by atoms with E-state index in [1.165, 1.54) is 12.1 Å². The molecule has 0 spiro atoms. The van der Waals surface area contributed by atoms with Crippen molar-refractivity contribution in [1.82, 2.24) is 10.2 Å². The van der Waals surface area contributed by atoms with E-state index in [9.17, 15) is 13.2 Å². The monoisotopic (exact) mass is 414 g/mol. The van der Waals surface area contributed by atoms with Gasteiger partial charge in [-0.15, -0.1) is 10.2 Å². The number of fused-ring (bicyclic) bond motifs is 1. The van der Waals surface area contributed by atoms with E-state index in [1.54, 1.807) is 24.3 Å². The second-order valence-corrected chi connectivity index (χ2v) is 6.81. The summed E-state index contributed by atoms with van der Waals surface area (Å²) in [5, 5.41) is 9.55. The smallest absolute Gasteiger partial charge is 0.416 e. The van der Waals surface area contributed by atoms with Gasteiger partial charge in [0.25, 0.3) is 0 Å². The maximum atomic E-state index is 13.3. The molecule has 0 aliphatic rings. The van der Waals surface area contributed by atoms with Gasteiger partial charge < -0.3 is 4.74 Å². The van der Waals surface area contributed by atoms with Gasteiger partial charge in [-0.2, -0.15) is 13.2 Å². The minimum atomic E-state index is -4.49. The molecule has 0 N–H and O–H groups in total. The highest BCUT2D eigenvalue weighted by Crippen LogP contribution is 2.35. The summed E-state index contributed by atoms with van der Waals surface area (Å²) < 4.78 is 45.6. The number of hydrogen-bond acceptors (Lipinski definition) is 3. The fraction of sp³-hybridized carbons (Fsp3) is 0.0909. The molecule has 0 aliphatic carbocycles. The average molecular weight is 415 g/mol. The van der Waals surface area contributed by atoms with Crippen LogP contribution in [0.25, 0.3) is 22.2 Å². The van der Waals surface area contributed by atoms with Crippen molar-refractivity contribution >= 4 is 22.5 Å². The number of nitrogens with zero attached hydrogens (tertiary/aromatic N) is 2. The Hall–Kier alpha value is -3.12. The molecule has 29 heavy (non-hydrogen) atoms. The van der Waals surface area contributed by atoms with Gasteiger partial charge in [0.05, 0.1) is 16.8 Å². The molecule has 0 unspecified atom stereocenters. The fourth-order valence-corrected chi connectivity index (χ4v) is 3.23. The normalized spacial score (nSPS) is 11.6. The molecular formula is C22H14ClF3N2O. The number of aromatic nitrogens is 2. The molecule has 3 aromatic carbocycles. The Balaban J connectivity index is 1.67. The van der Waals surface area contributed by atoms with Gasteiger partial charge in [-0.1, -0.05) is 41.9 Å². The quantitative estimate of drug-likeness (QED) is 0.380. The van der Waals surface area contributed by atoms with Gasteiger partial charge in [0.1, 0.15) is 12.4 Å². The van der Waals surface area contributed by atoms with Gasteiger partial charge in [-0.3, -0.25) is 0 Å². The van der Waals surface area contributed by atoms with E-state index in [0.29, 0.717) is 17.0 Å². The van der Waals surface area contributed by atoms with E-state index < -0.39 is 11.7 Å². The lowest BCUT2D eigenvalue weighted by Gasteiger charge is -2.15. The molecule has 146 valence electrons. The molecule has 0 fully saturated rings. The van der Waals surface area contributed by atoms with Gasteiger partial charge in [0.15, 0.2) is 0 Å². The van der Waals surface area contributed by atoms with Crippen molar-refractivity contribution in [2.24, 2.45) is 0 Å². The molecule has 0 saturated carbocycles. The number of benzene rings is 3. The molecule has 0 saturated heterocycles. The zero-order valence-corrected chi connectivity index (χ0v) is 15.7.